The number of Topliss-reactive ketones (excluding diaryl/α,β-unsaturated/α-hetero) is 2. The lowest BCUT2D eigenvalue weighted by atomic mass is 9.97. The van der Waals surface area contributed by atoms with E-state index in [9.17, 15) is 18.8 Å². The summed E-state index contributed by atoms with van der Waals surface area (Å²) in [7, 11) is 0. The van der Waals surface area contributed by atoms with Crippen molar-refractivity contribution in [2.24, 2.45) is 5.41 Å². The number of ketones is 2. The van der Waals surface area contributed by atoms with Gasteiger partial charge in [0.2, 0.25) is 5.91 Å². The summed E-state index contributed by atoms with van der Waals surface area (Å²) >= 11 is 3.17. The van der Waals surface area contributed by atoms with Crippen LogP contribution in [0.2, 0.25) is 0 Å². The number of nitrogens with zero attached hydrogens (tertiary/aromatic N) is 6. The molecule has 1 saturated carbocycles. The minimum atomic E-state index is -0.626. The van der Waals surface area contributed by atoms with Crippen LogP contribution in [-0.4, -0.2) is 59.2 Å². The van der Waals surface area contributed by atoms with Crippen LogP contribution in [0.5, 0.6) is 0 Å². The Morgan fingerprint density at radius 1 is 1.07 bits per heavy atom. The first-order valence-electron chi connectivity index (χ1n) is 13.4. The van der Waals surface area contributed by atoms with E-state index in [-0.39, 0.29) is 47.6 Å². The van der Waals surface area contributed by atoms with Gasteiger partial charge in [0.25, 0.3) is 0 Å². The molecular weight excluding hydrogens is 591 g/mol. The highest BCUT2D eigenvalue weighted by molar-refractivity contribution is 9.10. The van der Waals surface area contributed by atoms with Gasteiger partial charge in [-0.25, -0.2) is 19.3 Å². The molecule has 0 bridgehead atoms. The van der Waals surface area contributed by atoms with E-state index >= 15 is 0 Å². The molecule has 210 valence electrons. The first kappa shape index (κ1) is 27.3. The Labute approximate surface area is 244 Å². The second kappa shape index (κ2) is 9.90. The zero-order valence-electron chi connectivity index (χ0n) is 23.1. The van der Waals surface area contributed by atoms with Crippen molar-refractivity contribution < 1.29 is 18.8 Å². The minimum Gasteiger partial charge on any atom is -0.327 e. The molecule has 4 heterocycles. The van der Waals surface area contributed by atoms with Crippen molar-refractivity contribution in [3.05, 3.63) is 69.9 Å². The lowest BCUT2D eigenvalue weighted by molar-refractivity contribution is -0.139. The predicted molar refractivity (Wildman–Crippen MR) is 153 cm³/mol. The Hall–Kier alpha value is -3.86. The molecule has 4 aromatic rings. The number of aryl methyl sites for hydroxylation is 2. The van der Waals surface area contributed by atoms with Gasteiger partial charge in [-0.1, -0.05) is 6.92 Å². The SMILES string of the molecule is CC(=O)c1nn(CC(=O)N2[C@H](C(=O)Cc3cc(F)cc(Br)n3)C[C@@]3(C)C[C@@H]23)c2c(C)cc(-c3cnc(C)nc3)cc12. The number of hydrogen-bond acceptors (Lipinski definition) is 7. The monoisotopic (exact) mass is 618 g/mol. The second-order valence-electron chi connectivity index (χ2n) is 11.4. The fourth-order valence-electron chi connectivity index (χ4n) is 6.13. The number of carbonyl (C=O) groups excluding carboxylic acids is 3. The molecule has 0 unspecified atom stereocenters. The van der Waals surface area contributed by atoms with E-state index < -0.39 is 11.9 Å². The van der Waals surface area contributed by atoms with E-state index in [4.69, 9.17) is 0 Å². The molecule has 2 aliphatic rings. The highest BCUT2D eigenvalue weighted by atomic mass is 79.9. The fraction of sp³-hybridized carbons (Fsp3) is 0.367. The fourth-order valence-corrected chi connectivity index (χ4v) is 6.58. The van der Waals surface area contributed by atoms with Crippen LogP contribution >= 0.6 is 15.9 Å². The van der Waals surface area contributed by atoms with E-state index in [1.807, 2.05) is 26.0 Å². The summed E-state index contributed by atoms with van der Waals surface area (Å²) in [5, 5.41) is 5.22. The quantitative estimate of drug-likeness (QED) is 0.216. The van der Waals surface area contributed by atoms with Crippen molar-refractivity contribution in [2.75, 3.05) is 0 Å². The number of aromatic nitrogens is 5. The molecule has 11 heteroatoms. The largest absolute Gasteiger partial charge is 0.327 e. The van der Waals surface area contributed by atoms with Crippen LogP contribution in [0.15, 0.2) is 41.3 Å². The Kier molecular flexibility index (Phi) is 6.60. The number of rotatable bonds is 7. The standard InChI is InChI=1S/C30H28BrFN6O3/c1-15-5-18(19-12-33-17(3)34-13-19)6-22-28(16(2)39)36-37(29(15)22)14-27(41)38-23(10-30(4)11-25(30)38)24(40)9-21-7-20(32)8-26(31)35-21/h5-8,12-13,23,25H,9-11,14H2,1-4H3/t23-,25+,30-/m0/s1. The van der Waals surface area contributed by atoms with Crippen molar-refractivity contribution in [1.82, 2.24) is 29.6 Å². The van der Waals surface area contributed by atoms with Gasteiger partial charge in [-0.05, 0) is 77.4 Å². The molecule has 1 amide bonds. The topological polar surface area (TPSA) is 111 Å². The molecule has 1 saturated heterocycles. The summed E-state index contributed by atoms with van der Waals surface area (Å²) in [5.74, 6) is -0.446. The van der Waals surface area contributed by atoms with E-state index in [0.29, 0.717) is 33.4 Å². The van der Waals surface area contributed by atoms with Gasteiger partial charge in [0.05, 0.1) is 23.7 Å². The third kappa shape index (κ3) is 4.96. The lowest BCUT2D eigenvalue weighted by Gasteiger charge is -2.27. The molecular formula is C30H28BrFN6O3. The summed E-state index contributed by atoms with van der Waals surface area (Å²) < 4.78 is 15.8. The molecule has 3 atom stereocenters. The van der Waals surface area contributed by atoms with Crippen LogP contribution in [-0.2, 0) is 22.6 Å². The normalized spacial score (nSPS) is 21.3. The molecule has 2 fully saturated rings. The zero-order chi connectivity index (χ0) is 29.2. The van der Waals surface area contributed by atoms with Gasteiger partial charge in [-0.15, -0.1) is 0 Å². The first-order valence-corrected chi connectivity index (χ1v) is 14.2. The molecule has 1 aliphatic carbocycles. The Bertz CT molecular complexity index is 1730. The Morgan fingerprint density at radius 2 is 1.80 bits per heavy atom. The van der Waals surface area contributed by atoms with Crippen LogP contribution in [0.25, 0.3) is 22.0 Å². The second-order valence-corrected chi connectivity index (χ2v) is 12.2. The van der Waals surface area contributed by atoms with Gasteiger partial charge in [0.15, 0.2) is 11.6 Å². The highest BCUT2D eigenvalue weighted by Crippen LogP contribution is 2.59. The lowest BCUT2D eigenvalue weighted by Crippen LogP contribution is -2.45. The molecule has 9 nitrogen and oxygen atoms in total. The number of fused-ring (bicyclic) bond motifs is 2. The molecule has 3 aromatic heterocycles. The van der Waals surface area contributed by atoms with Gasteiger partial charge in [0.1, 0.15) is 28.5 Å². The number of pyridine rings is 1. The third-order valence-corrected chi connectivity index (χ3v) is 8.64. The van der Waals surface area contributed by atoms with E-state index in [2.05, 4.69) is 42.9 Å². The number of piperidine rings is 1. The van der Waals surface area contributed by atoms with E-state index in [0.717, 1.165) is 23.1 Å². The summed E-state index contributed by atoms with van der Waals surface area (Å²) in [6, 6.07) is 5.65. The van der Waals surface area contributed by atoms with E-state index in [1.165, 1.54) is 19.1 Å². The maximum atomic E-state index is 13.9. The molecule has 1 aromatic carbocycles. The number of carbonyl (C=O) groups is 3. The van der Waals surface area contributed by atoms with E-state index in [1.54, 1.807) is 22.0 Å². The number of benzene rings is 1. The zero-order valence-corrected chi connectivity index (χ0v) is 24.7. The number of likely N-dealkylation sites (tertiary alicyclic amines) is 1. The van der Waals surface area contributed by atoms with Crippen molar-refractivity contribution >= 4 is 44.3 Å². The van der Waals surface area contributed by atoms with Crippen molar-refractivity contribution in [3.63, 3.8) is 0 Å². The van der Waals surface area contributed by atoms with Crippen LogP contribution in [0.3, 0.4) is 0 Å². The Balaban J connectivity index is 1.31. The molecule has 1 aliphatic heterocycles. The smallest absolute Gasteiger partial charge is 0.245 e. The number of hydrogen-bond donors (Lipinski definition) is 0. The van der Waals surface area contributed by atoms with Crippen LogP contribution in [0.4, 0.5) is 4.39 Å². The average Bonchev–Trinajstić information content (AvgIpc) is 3.25. The van der Waals surface area contributed by atoms with Crippen LogP contribution < -0.4 is 0 Å². The van der Waals surface area contributed by atoms with Crippen molar-refractivity contribution in [2.45, 2.75) is 65.6 Å². The maximum Gasteiger partial charge on any atom is 0.245 e. The molecule has 0 N–H and O–H groups in total. The summed E-state index contributed by atoms with van der Waals surface area (Å²) in [4.78, 5) is 54.4. The first-order chi connectivity index (χ1) is 19.4. The van der Waals surface area contributed by atoms with Gasteiger partial charge in [-0.2, -0.15) is 5.10 Å². The molecule has 6 rings (SSSR count). The maximum absolute atomic E-state index is 13.9. The van der Waals surface area contributed by atoms with Crippen molar-refractivity contribution in [3.8, 4) is 11.1 Å². The summed E-state index contributed by atoms with van der Waals surface area (Å²) in [6.45, 7) is 7.15. The third-order valence-electron chi connectivity index (χ3n) is 8.23. The van der Waals surface area contributed by atoms with Crippen molar-refractivity contribution in [1.29, 1.82) is 0 Å². The van der Waals surface area contributed by atoms with Gasteiger partial charge < -0.3 is 4.90 Å². The molecule has 0 radical (unpaired) electrons. The Morgan fingerprint density at radius 3 is 2.49 bits per heavy atom. The minimum absolute atomic E-state index is 0.0421. The van der Waals surface area contributed by atoms with Gasteiger partial charge in [0, 0.05) is 42.4 Å². The average molecular weight is 619 g/mol. The molecule has 41 heavy (non-hydrogen) atoms. The predicted octanol–water partition coefficient (Wildman–Crippen LogP) is 4.80. The number of halogens is 2. The van der Waals surface area contributed by atoms with Gasteiger partial charge in [-0.3, -0.25) is 19.1 Å². The van der Waals surface area contributed by atoms with Crippen LogP contribution in [0.1, 0.15) is 54.3 Å². The van der Waals surface area contributed by atoms with Crippen LogP contribution in [0, 0.1) is 25.1 Å². The summed E-state index contributed by atoms with van der Waals surface area (Å²) in [5.41, 5.74) is 3.66. The molecule has 0 spiro atoms. The number of amides is 1. The highest BCUT2D eigenvalue weighted by Gasteiger charge is 2.64. The van der Waals surface area contributed by atoms with Gasteiger partial charge >= 0.3 is 0 Å². The summed E-state index contributed by atoms with van der Waals surface area (Å²) in [6.07, 6.45) is 4.78.